The second-order valence-electron chi connectivity index (χ2n) is 6.12. The van der Waals surface area contributed by atoms with E-state index in [0.29, 0.717) is 23.8 Å². The number of hydrogen-bond donors (Lipinski definition) is 1. The first-order valence-corrected chi connectivity index (χ1v) is 7.44. The molecule has 18 heavy (non-hydrogen) atoms. The molecule has 3 heteroatoms. The number of nitrogens with zero attached hydrogens (tertiary/aromatic N) is 1. The number of rotatable bonds is 4. The number of amides is 1. The summed E-state index contributed by atoms with van der Waals surface area (Å²) >= 11 is 0. The SMILES string of the molecule is CCC(CC)N(C)C(=O)C1CC(N)C(C)CC1C. The van der Waals surface area contributed by atoms with Gasteiger partial charge in [-0.3, -0.25) is 4.79 Å². The highest BCUT2D eigenvalue weighted by atomic mass is 16.2. The fourth-order valence-electron chi connectivity index (χ4n) is 3.31. The Kier molecular flexibility index (Phi) is 5.64. The second-order valence-corrected chi connectivity index (χ2v) is 6.12. The van der Waals surface area contributed by atoms with E-state index in [1.165, 1.54) is 0 Å². The normalized spacial score (nSPS) is 32.6. The first-order valence-electron chi connectivity index (χ1n) is 7.44. The minimum Gasteiger partial charge on any atom is -0.343 e. The minimum absolute atomic E-state index is 0.127. The van der Waals surface area contributed by atoms with Gasteiger partial charge in [0.05, 0.1) is 0 Å². The van der Waals surface area contributed by atoms with Crippen LogP contribution in [0.5, 0.6) is 0 Å². The predicted octanol–water partition coefficient (Wildman–Crippen LogP) is 2.64. The van der Waals surface area contributed by atoms with Crippen molar-refractivity contribution >= 4 is 5.91 Å². The highest BCUT2D eigenvalue weighted by Gasteiger charge is 2.37. The van der Waals surface area contributed by atoms with Gasteiger partial charge < -0.3 is 10.6 Å². The van der Waals surface area contributed by atoms with Gasteiger partial charge in [-0.1, -0.05) is 27.7 Å². The van der Waals surface area contributed by atoms with Crippen LogP contribution < -0.4 is 5.73 Å². The molecule has 1 fully saturated rings. The number of carbonyl (C=O) groups is 1. The van der Waals surface area contributed by atoms with Gasteiger partial charge in [-0.25, -0.2) is 0 Å². The van der Waals surface area contributed by atoms with Crippen LogP contribution in [0, 0.1) is 17.8 Å². The van der Waals surface area contributed by atoms with Crippen LogP contribution in [0.25, 0.3) is 0 Å². The van der Waals surface area contributed by atoms with E-state index < -0.39 is 0 Å². The molecule has 3 nitrogen and oxygen atoms in total. The molecule has 0 saturated heterocycles. The van der Waals surface area contributed by atoms with Gasteiger partial charge in [0.15, 0.2) is 0 Å². The molecule has 1 aliphatic rings. The van der Waals surface area contributed by atoms with Crippen LogP contribution in [0.15, 0.2) is 0 Å². The lowest BCUT2D eigenvalue weighted by molar-refractivity contribution is -0.140. The number of hydrogen-bond acceptors (Lipinski definition) is 2. The molecule has 4 atom stereocenters. The monoisotopic (exact) mass is 254 g/mol. The molecule has 1 aliphatic carbocycles. The zero-order chi connectivity index (χ0) is 13.9. The van der Waals surface area contributed by atoms with Gasteiger partial charge in [0.1, 0.15) is 0 Å². The minimum atomic E-state index is 0.127. The van der Waals surface area contributed by atoms with E-state index in [1.54, 1.807) is 0 Å². The Morgan fingerprint density at radius 1 is 1.22 bits per heavy atom. The van der Waals surface area contributed by atoms with E-state index in [4.69, 9.17) is 5.73 Å². The molecule has 4 unspecified atom stereocenters. The van der Waals surface area contributed by atoms with Gasteiger partial charge in [0.2, 0.25) is 5.91 Å². The third-order valence-corrected chi connectivity index (χ3v) is 4.84. The molecular weight excluding hydrogens is 224 g/mol. The third-order valence-electron chi connectivity index (χ3n) is 4.84. The molecule has 0 bridgehead atoms. The molecule has 0 aromatic carbocycles. The lowest BCUT2D eigenvalue weighted by Gasteiger charge is -2.39. The molecule has 0 radical (unpaired) electrons. The van der Waals surface area contributed by atoms with Crippen molar-refractivity contribution in [2.45, 2.75) is 65.5 Å². The summed E-state index contributed by atoms with van der Waals surface area (Å²) in [5.41, 5.74) is 6.14. The summed E-state index contributed by atoms with van der Waals surface area (Å²) in [6, 6.07) is 0.561. The Labute approximate surface area is 112 Å². The van der Waals surface area contributed by atoms with Crippen molar-refractivity contribution < 1.29 is 4.79 Å². The summed E-state index contributed by atoms with van der Waals surface area (Å²) in [4.78, 5) is 14.6. The Morgan fingerprint density at radius 2 is 1.78 bits per heavy atom. The Morgan fingerprint density at radius 3 is 2.28 bits per heavy atom. The Hall–Kier alpha value is -0.570. The van der Waals surface area contributed by atoms with Crippen LogP contribution in [0.4, 0.5) is 0 Å². The summed E-state index contributed by atoms with van der Waals surface area (Å²) < 4.78 is 0. The predicted molar refractivity (Wildman–Crippen MR) is 76.2 cm³/mol. The molecule has 0 spiro atoms. The molecule has 1 amide bonds. The molecule has 0 aliphatic heterocycles. The average molecular weight is 254 g/mol. The van der Waals surface area contributed by atoms with Crippen LogP contribution in [-0.2, 0) is 4.79 Å². The molecular formula is C15H30N2O. The first-order chi connectivity index (χ1) is 8.42. The summed E-state index contributed by atoms with van der Waals surface area (Å²) in [6.45, 7) is 8.70. The number of nitrogens with two attached hydrogens (primary N) is 1. The topological polar surface area (TPSA) is 46.3 Å². The Balaban J connectivity index is 2.71. The van der Waals surface area contributed by atoms with E-state index in [1.807, 2.05) is 11.9 Å². The van der Waals surface area contributed by atoms with E-state index in [2.05, 4.69) is 27.7 Å². The van der Waals surface area contributed by atoms with Crippen LogP contribution >= 0.6 is 0 Å². The highest BCUT2D eigenvalue weighted by Crippen LogP contribution is 2.34. The first kappa shape index (κ1) is 15.5. The maximum absolute atomic E-state index is 12.6. The van der Waals surface area contributed by atoms with E-state index >= 15 is 0 Å². The van der Waals surface area contributed by atoms with Gasteiger partial charge in [-0.15, -0.1) is 0 Å². The highest BCUT2D eigenvalue weighted by molar-refractivity contribution is 5.79. The molecule has 0 aromatic rings. The van der Waals surface area contributed by atoms with E-state index in [0.717, 1.165) is 25.7 Å². The van der Waals surface area contributed by atoms with Gasteiger partial charge in [0.25, 0.3) is 0 Å². The van der Waals surface area contributed by atoms with Crippen molar-refractivity contribution in [2.24, 2.45) is 23.5 Å². The second kappa shape index (κ2) is 6.55. The lowest BCUT2D eigenvalue weighted by atomic mass is 9.72. The standard InChI is InChI=1S/C15H30N2O/c1-6-12(7-2)17(5)15(18)13-9-14(16)11(4)8-10(13)3/h10-14H,6-9,16H2,1-5H3. The van der Waals surface area contributed by atoms with Crippen molar-refractivity contribution in [3.8, 4) is 0 Å². The molecule has 2 N–H and O–H groups in total. The molecule has 1 saturated carbocycles. The summed E-state index contributed by atoms with van der Waals surface area (Å²) in [5.74, 6) is 1.44. The van der Waals surface area contributed by atoms with Crippen LogP contribution in [-0.4, -0.2) is 29.9 Å². The van der Waals surface area contributed by atoms with Crippen molar-refractivity contribution in [1.82, 2.24) is 4.90 Å². The largest absolute Gasteiger partial charge is 0.343 e. The number of carbonyl (C=O) groups excluding carboxylic acids is 1. The zero-order valence-corrected chi connectivity index (χ0v) is 12.6. The molecule has 106 valence electrons. The van der Waals surface area contributed by atoms with Crippen LogP contribution in [0.3, 0.4) is 0 Å². The maximum atomic E-state index is 12.6. The average Bonchev–Trinajstić information content (AvgIpc) is 2.34. The Bertz CT molecular complexity index is 276. The van der Waals surface area contributed by atoms with Crippen molar-refractivity contribution in [1.29, 1.82) is 0 Å². The summed E-state index contributed by atoms with van der Waals surface area (Å²) in [5, 5.41) is 0. The molecule has 0 aromatic heterocycles. The van der Waals surface area contributed by atoms with E-state index in [9.17, 15) is 4.79 Å². The van der Waals surface area contributed by atoms with Crippen LogP contribution in [0.2, 0.25) is 0 Å². The quantitative estimate of drug-likeness (QED) is 0.838. The van der Waals surface area contributed by atoms with Crippen molar-refractivity contribution in [3.05, 3.63) is 0 Å². The fourth-order valence-corrected chi connectivity index (χ4v) is 3.31. The van der Waals surface area contributed by atoms with Gasteiger partial charge >= 0.3 is 0 Å². The smallest absolute Gasteiger partial charge is 0.225 e. The van der Waals surface area contributed by atoms with Gasteiger partial charge in [-0.05, 0) is 37.5 Å². The maximum Gasteiger partial charge on any atom is 0.225 e. The van der Waals surface area contributed by atoms with Gasteiger partial charge in [0, 0.05) is 25.0 Å². The molecule has 1 rings (SSSR count). The fraction of sp³-hybridized carbons (Fsp3) is 0.933. The lowest BCUT2D eigenvalue weighted by Crippen LogP contribution is -2.48. The summed E-state index contributed by atoms with van der Waals surface area (Å²) in [6.07, 6.45) is 3.99. The van der Waals surface area contributed by atoms with Crippen molar-refractivity contribution in [3.63, 3.8) is 0 Å². The van der Waals surface area contributed by atoms with Crippen LogP contribution in [0.1, 0.15) is 53.4 Å². The zero-order valence-electron chi connectivity index (χ0n) is 12.6. The summed E-state index contributed by atoms with van der Waals surface area (Å²) in [7, 11) is 1.95. The van der Waals surface area contributed by atoms with E-state index in [-0.39, 0.29) is 12.0 Å². The molecule has 0 heterocycles. The van der Waals surface area contributed by atoms with Crippen molar-refractivity contribution in [2.75, 3.05) is 7.05 Å². The third kappa shape index (κ3) is 3.25. The van der Waals surface area contributed by atoms with Gasteiger partial charge in [-0.2, -0.15) is 0 Å².